The highest BCUT2D eigenvalue weighted by atomic mass is 35.5. The van der Waals surface area contributed by atoms with Crippen LogP contribution in [0.4, 0.5) is 4.79 Å². The minimum atomic E-state index is -0.104. The average Bonchev–Trinajstić information content (AvgIpc) is 2.95. The van der Waals surface area contributed by atoms with E-state index in [0.717, 1.165) is 5.56 Å². The van der Waals surface area contributed by atoms with Crippen LogP contribution in [0.2, 0.25) is 5.02 Å². The number of urea groups is 1. The van der Waals surface area contributed by atoms with Gasteiger partial charge in [-0.3, -0.25) is 0 Å². The number of carbonyl (C=O) groups excluding carboxylic acids is 1. The van der Waals surface area contributed by atoms with E-state index in [0.29, 0.717) is 43.0 Å². The summed E-state index contributed by atoms with van der Waals surface area (Å²) in [5.74, 6) is 1.12. The van der Waals surface area contributed by atoms with Gasteiger partial charge in [0.1, 0.15) is 0 Å². The van der Waals surface area contributed by atoms with E-state index >= 15 is 0 Å². The molecule has 2 amide bonds. The molecular weight excluding hydrogens is 320 g/mol. The van der Waals surface area contributed by atoms with Crippen LogP contribution >= 0.6 is 11.6 Å². The van der Waals surface area contributed by atoms with E-state index in [1.165, 1.54) is 0 Å². The minimum Gasteiger partial charge on any atom is -0.383 e. The maximum Gasteiger partial charge on any atom is 0.317 e. The Kier molecular flexibility index (Phi) is 4.78. The smallest absolute Gasteiger partial charge is 0.317 e. The quantitative estimate of drug-likeness (QED) is 0.846. The van der Waals surface area contributed by atoms with Crippen LogP contribution in [-0.4, -0.2) is 54.4 Å². The number of hydrogen-bond donors (Lipinski definition) is 1. The molecular formula is C15H17ClN4O3. The van der Waals surface area contributed by atoms with Gasteiger partial charge in [-0.1, -0.05) is 28.9 Å². The molecule has 1 aliphatic rings. The molecule has 7 nitrogen and oxygen atoms in total. The normalized spacial score (nSPS) is 14.6. The van der Waals surface area contributed by atoms with Crippen molar-refractivity contribution in [1.82, 2.24) is 20.4 Å². The summed E-state index contributed by atoms with van der Waals surface area (Å²) in [5.41, 5.74) is 0.806. The van der Waals surface area contributed by atoms with Crippen molar-refractivity contribution in [2.24, 2.45) is 0 Å². The van der Waals surface area contributed by atoms with Gasteiger partial charge in [0.25, 0.3) is 0 Å². The molecule has 122 valence electrons. The molecule has 1 aliphatic heterocycles. The molecule has 1 fully saturated rings. The number of nitrogens with one attached hydrogen (secondary N) is 1. The van der Waals surface area contributed by atoms with Crippen molar-refractivity contribution in [3.63, 3.8) is 0 Å². The van der Waals surface area contributed by atoms with Gasteiger partial charge in [0, 0.05) is 37.3 Å². The second-order valence-corrected chi connectivity index (χ2v) is 5.73. The zero-order valence-electron chi connectivity index (χ0n) is 12.7. The fraction of sp³-hybridized carbons (Fsp3) is 0.400. The molecule has 0 atom stereocenters. The van der Waals surface area contributed by atoms with Crippen molar-refractivity contribution >= 4 is 17.6 Å². The van der Waals surface area contributed by atoms with E-state index in [-0.39, 0.29) is 11.9 Å². The summed E-state index contributed by atoms with van der Waals surface area (Å²) in [6.45, 7) is 2.12. The minimum absolute atomic E-state index is 0.0728. The Hall–Kier alpha value is -2.12. The fourth-order valence-corrected chi connectivity index (χ4v) is 2.51. The second kappa shape index (κ2) is 6.97. The fourth-order valence-electron chi connectivity index (χ4n) is 2.32. The van der Waals surface area contributed by atoms with Gasteiger partial charge in [0.05, 0.1) is 12.5 Å². The van der Waals surface area contributed by atoms with Crippen LogP contribution in [0.1, 0.15) is 11.8 Å². The maximum atomic E-state index is 11.8. The van der Waals surface area contributed by atoms with E-state index in [4.69, 9.17) is 20.9 Å². The van der Waals surface area contributed by atoms with Gasteiger partial charge in [-0.2, -0.15) is 4.98 Å². The standard InChI is InChI=1S/C15H17ClN4O3/c1-22-6-5-17-15(21)20-8-11(9-20)14-18-13(19-23-14)10-3-2-4-12(16)7-10/h2-4,7,11H,5-6,8-9H2,1H3,(H,17,21). The number of rotatable bonds is 5. The molecule has 1 saturated heterocycles. The molecule has 2 heterocycles. The summed E-state index contributed by atoms with van der Waals surface area (Å²) in [5, 5.41) is 7.38. The van der Waals surface area contributed by atoms with Crippen molar-refractivity contribution < 1.29 is 14.1 Å². The summed E-state index contributed by atoms with van der Waals surface area (Å²) < 4.78 is 10.2. The topological polar surface area (TPSA) is 80.5 Å². The number of halogens is 1. The Morgan fingerprint density at radius 3 is 3.09 bits per heavy atom. The summed E-state index contributed by atoms with van der Waals surface area (Å²) >= 11 is 5.96. The van der Waals surface area contributed by atoms with Crippen LogP contribution in [0, 0.1) is 0 Å². The Morgan fingerprint density at radius 1 is 1.52 bits per heavy atom. The Morgan fingerprint density at radius 2 is 2.35 bits per heavy atom. The molecule has 0 bridgehead atoms. The number of nitrogens with zero attached hydrogens (tertiary/aromatic N) is 3. The molecule has 1 N–H and O–H groups in total. The van der Waals surface area contributed by atoms with E-state index in [1.54, 1.807) is 24.1 Å². The lowest BCUT2D eigenvalue weighted by molar-refractivity contribution is 0.132. The number of methoxy groups -OCH3 is 1. The molecule has 0 saturated carbocycles. The van der Waals surface area contributed by atoms with E-state index in [9.17, 15) is 4.79 Å². The van der Waals surface area contributed by atoms with Gasteiger partial charge >= 0.3 is 6.03 Å². The van der Waals surface area contributed by atoms with Gasteiger partial charge in [-0.15, -0.1) is 0 Å². The summed E-state index contributed by atoms with van der Waals surface area (Å²) in [4.78, 5) is 17.9. The van der Waals surface area contributed by atoms with Crippen LogP contribution in [0.5, 0.6) is 0 Å². The number of amides is 2. The lowest BCUT2D eigenvalue weighted by Crippen LogP contribution is -2.53. The third kappa shape index (κ3) is 3.62. The zero-order valence-corrected chi connectivity index (χ0v) is 13.4. The third-order valence-electron chi connectivity index (χ3n) is 3.62. The van der Waals surface area contributed by atoms with E-state index in [1.807, 2.05) is 12.1 Å². The lowest BCUT2D eigenvalue weighted by Gasteiger charge is -2.36. The first-order valence-corrected chi connectivity index (χ1v) is 7.66. The SMILES string of the molecule is COCCNC(=O)N1CC(c2nc(-c3cccc(Cl)c3)no2)C1. The van der Waals surface area contributed by atoms with Crippen LogP contribution in [0.15, 0.2) is 28.8 Å². The first-order valence-electron chi connectivity index (χ1n) is 7.28. The molecule has 1 aromatic carbocycles. The molecule has 8 heteroatoms. The number of ether oxygens (including phenoxy) is 1. The summed E-state index contributed by atoms with van der Waals surface area (Å²) in [6, 6.07) is 7.18. The number of hydrogen-bond acceptors (Lipinski definition) is 5. The van der Waals surface area contributed by atoms with Gasteiger partial charge in [0.2, 0.25) is 11.7 Å². The molecule has 0 aliphatic carbocycles. The molecule has 23 heavy (non-hydrogen) atoms. The van der Waals surface area contributed by atoms with Crippen LogP contribution in [0.3, 0.4) is 0 Å². The predicted molar refractivity (Wildman–Crippen MR) is 84.3 cm³/mol. The van der Waals surface area contributed by atoms with Gasteiger partial charge in [-0.05, 0) is 12.1 Å². The van der Waals surface area contributed by atoms with Crippen LogP contribution in [-0.2, 0) is 4.74 Å². The molecule has 0 spiro atoms. The number of benzene rings is 1. The van der Waals surface area contributed by atoms with Crippen molar-refractivity contribution in [1.29, 1.82) is 0 Å². The lowest BCUT2D eigenvalue weighted by atomic mass is 10.0. The monoisotopic (exact) mass is 336 g/mol. The van der Waals surface area contributed by atoms with E-state index < -0.39 is 0 Å². The van der Waals surface area contributed by atoms with Gasteiger partial charge in [-0.25, -0.2) is 4.79 Å². The highest BCUT2D eigenvalue weighted by molar-refractivity contribution is 6.30. The van der Waals surface area contributed by atoms with Crippen LogP contribution < -0.4 is 5.32 Å². The van der Waals surface area contributed by atoms with Gasteiger partial charge < -0.3 is 19.5 Å². The van der Waals surface area contributed by atoms with E-state index in [2.05, 4.69) is 15.5 Å². The van der Waals surface area contributed by atoms with Crippen molar-refractivity contribution in [2.45, 2.75) is 5.92 Å². The summed E-state index contributed by atoms with van der Waals surface area (Å²) in [6.07, 6.45) is 0. The van der Waals surface area contributed by atoms with Crippen molar-refractivity contribution in [3.05, 3.63) is 35.2 Å². The second-order valence-electron chi connectivity index (χ2n) is 5.29. The Labute approximate surface area is 138 Å². The predicted octanol–water partition coefficient (Wildman–Crippen LogP) is 2.15. The highest BCUT2D eigenvalue weighted by Crippen LogP contribution is 2.28. The Balaban J connectivity index is 1.56. The first-order chi connectivity index (χ1) is 11.2. The van der Waals surface area contributed by atoms with Crippen molar-refractivity contribution in [2.75, 3.05) is 33.4 Å². The third-order valence-corrected chi connectivity index (χ3v) is 3.86. The molecule has 1 aromatic heterocycles. The first kappa shape index (κ1) is 15.8. The molecule has 3 rings (SSSR count). The zero-order chi connectivity index (χ0) is 16.2. The Bertz CT molecular complexity index is 685. The van der Waals surface area contributed by atoms with Gasteiger partial charge in [0.15, 0.2) is 0 Å². The average molecular weight is 337 g/mol. The maximum absolute atomic E-state index is 11.8. The molecule has 0 unspecified atom stereocenters. The van der Waals surface area contributed by atoms with Crippen molar-refractivity contribution in [3.8, 4) is 11.4 Å². The highest BCUT2D eigenvalue weighted by Gasteiger charge is 2.35. The number of carbonyl (C=O) groups is 1. The van der Waals surface area contributed by atoms with Crippen LogP contribution in [0.25, 0.3) is 11.4 Å². The molecule has 2 aromatic rings. The number of aromatic nitrogens is 2. The summed E-state index contributed by atoms with van der Waals surface area (Å²) in [7, 11) is 1.60. The number of likely N-dealkylation sites (tertiary alicyclic amines) is 1. The molecule has 0 radical (unpaired) electrons. The largest absolute Gasteiger partial charge is 0.383 e.